The highest BCUT2D eigenvalue weighted by Gasteiger charge is 2.35. The predicted octanol–water partition coefficient (Wildman–Crippen LogP) is 0.209. The third-order valence-corrected chi connectivity index (χ3v) is 2.18. The lowest BCUT2D eigenvalue weighted by Gasteiger charge is -2.27. The molecule has 0 aromatic heterocycles. The molecule has 0 bridgehead atoms. The van der Waals surface area contributed by atoms with Gasteiger partial charge in [-0.3, -0.25) is 4.79 Å². The molecular formula is C9H8FNO4. The maximum Gasteiger partial charge on any atom is 0.315 e. The molecule has 1 heterocycles. The maximum atomic E-state index is 12.8. The minimum absolute atomic E-state index is 0.0766. The minimum Gasteiger partial charge on any atom is -0.481 e. The number of aliphatic hydroxyl groups is 1. The number of fused-ring (bicyclic) bond motifs is 1. The predicted molar refractivity (Wildman–Crippen MR) is 46.5 cm³/mol. The highest BCUT2D eigenvalue weighted by molar-refractivity contribution is 5.78. The van der Waals surface area contributed by atoms with Gasteiger partial charge in [-0.15, -0.1) is 5.48 Å². The molecule has 2 unspecified atom stereocenters. The number of rotatable bonds is 1. The summed E-state index contributed by atoms with van der Waals surface area (Å²) in [6, 6.07) is 3.47. The van der Waals surface area contributed by atoms with Crippen LogP contribution in [0.2, 0.25) is 0 Å². The fourth-order valence-corrected chi connectivity index (χ4v) is 1.48. The molecule has 1 aromatic carbocycles. The van der Waals surface area contributed by atoms with Gasteiger partial charge in [0.2, 0.25) is 0 Å². The molecule has 1 aromatic rings. The Labute approximate surface area is 84.1 Å². The summed E-state index contributed by atoms with van der Waals surface area (Å²) in [6.45, 7) is 0. The van der Waals surface area contributed by atoms with Crippen LogP contribution in [0, 0.1) is 5.82 Å². The van der Waals surface area contributed by atoms with Gasteiger partial charge in [0.15, 0.2) is 12.0 Å². The first kappa shape index (κ1) is 9.88. The van der Waals surface area contributed by atoms with Crippen LogP contribution in [0.3, 0.4) is 0 Å². The van der Waals surface area contributed by atoms with E-state index in [9.17, 15) is 14.3 Å². The second-order valence-electron chi connectivity index (χ2n) is 3.16. The second-order valence-corrected chi connectivity index (χ2v) is 3.16. The second kappa shape index (κ2) is 3.48. The van der Waals surface area contributed by atoms with Gasteiger partial charge in [-0.2, -0.15) is 0 Å². The van der Waals surface area contributed by atoms with E-state index < -0.39 is 23.9 Å². The number of carbonyl (C=O) groups is 1. The summed E-state index contributed by atoms with van der Waals surface area (Å²) in [5.74, 6) is -2.82. The number of carboxylic acid groups (broad SMARTS) is 1. The molecular weight excluding hydrogens is 205 g/mol. The molecule has 80 valence electrons. The van der Waals surface area contributed by atoms with Crippen molar-refractivity contribution in [1.82, 2.24) is 5.48 Å². The Kier molecular flexibility index (Phi) is 2.29. The van der Waals surface area contributed by atoms with Crippen molar-refractivity contribution < 1.29 is 24.2 Å². The fourth-order valence-electron chi connectivity index (χ4n) is 1.48. The number of aliphatic carboxylic acids is 1. The van der Waals surface area contributed by atoms with E-state index in [4.69, 9.17) is 9.94 Å². The fraction of sp³-hybridized carbons (Fsp3) is 0.222. The molecule has 3 N–H and O–H groups in total. The first-order valence-corrected chi connectivity index (χ1v) is 4.22. The molecule has 1 aliphatic heterocycles. The van der Waals surface area contributed by atoms with Gasteiger partial charge < -0.3 is 15.1 Å². The smallest absolute Gasteiger partial charge is 0.315 e. The van der Waals surface area contributed by atoms with Crippen LogP contribution in [0.5, 0.6) is 5.75 Å². The Morgan fingerprint density at radius 1 is 1.53 bits per heavy atom. The van der Waals surface area contributed by atoms with Crippen molar-refractivity contribution in [3.63, 3.8) is 0 Å². The molecule has 2 rings (SSSR count). The summed E-state index contributed by atoms with van der Waals surface area (Å²) < 4.78 is 12.8. The Bertz CT molecular complexity index is 409. The molecule has 6 heteroatoms. The average molecular weight is 213 g/mol. The van der Waals surface area contributed by atoms with Crippen molar-refractivity contribution in [2.45, 2.75) is 12.1 Å². The molecule has 0 aliphatic carbocycles. The number of hydrogen-bond donors (Lipinski definition) is 3. The Morgan fingerprint density at radius 2 is 2.27 bits per heavy atom. The maximum absolute atomic E-state index is 12.8. The lowest BCUT2D eigenvalue weighted by molar-refractivity contribution is -0.145. The molecule has 2 atom stereocenters. The zero-order valence-electron chi connectivity index (χ0n) is 7.48. The first-order chi connectivity index (χ1) is 7.09. The van der Waals surface area contributed by atoms with E-state index >= 15 is 0 Å². The highest BCUT2D eigenvalue weighted by Crippen LogP contribution is 2.32. The highest BCUT2D eigenvalue weighted by atomic mass is 19.1. The molecule has 0 saturated heterocycles. The quantitative estimate of drug-likeness (QED) is 0.621. The third-order valence-electron chi connectivity index (χ3n) is 2.18. The molecule has 5 nitrogen and oxygen atoms in total. The largest absolute Gasteiger partial charge is 0.481 e. The molecule has 0 fully saturated rings. The van der Waals surface area contributed by atoms with Gasteiger partial charge in [0, 0.05) is 11.6 Å². The van der Waals surface area contributed by atoms with Crippen molar-refractivity contribution in [3.8, 4) is 5.75 Å². The molecule has 0 radical (unpaired) electrons. The van der Waals surface area contributed by atoms with Crippen molar-refractivity contribution in [1.29, 1.82) is 0 Å². The molecule has 15 heavy (non-hydrogen) atoms. The summed E-state index contributed by atoms with van der Waals surface area (Å²) in [6.07, 6.45) is -1.35. The van der Waals surface area contributed by atoms with Crippen LogP contribution >= 0.6 is 0 Å². The lowest BCUT2D eigenvalue weighted by Crippen LogP contribution is -2.44. The van der Waals surface area contributed by atoms with Gasteiger partial charge in [0.1, 0.15) is 11.7 Å². The van der Waals surface area contributed by atoms with Gasteiger partial charge in [-0.05, 0) is 6.07 Å². The first-order valence-electron chi connectivity index (χ1n) is 4.22. The molecule has 0 spiro atoms. The molecule has 1 aliphatic rings. The topological polar surface area (TPSA) is 78.8 Å². The number of benzene rings is 1. The van der Waals surface area contributed by atoms with E-state index in [1.807, 2.05) is 0 Å². The summed E-state index contributed by atoms with van der Waals surface area (Å²) in [5.41, 5.74) is 2.35. The van der Waals surface area contributed by atoms with E-state index in [0.29, 0.717) is 0 Å². The number of aliphatic hydroxyl groups excluding tert-OH is 1. The lowest BCUT2D eigenvalue weighted by atomic mass is 9.96. The molecule has 0 saturated carbocycles. The van der Waals surface area contributed by atoms with Crippen LogP contribution in [0.4, 0.5) is 4.39 Å². The summed E-state index contributed by atoms with van der Waals surface area (Å²) in [4.78, 5) is 15.7. The van der Waals surface area contributed by atoms with Gasteiger partial charge >= 0.3 is 5.97 Å². The number of carboxylic acids is 1. The number of hydroxylamine groups is 1. The van der Waals surface area contributed by atoms with E-state index in [1.165, 1.54) is 6.07 Å². The van der Waals surface area contributed by atoms with Crippen molar-refractivity contribution in [2.24, 2.45) is 0 Å². The number of nitrogens with one attached hydrogen (secondary N) is 1. The van der Waals surface area contributed by atoms with Gasteiger partial charge in [0.25, 0.3) is 0 Å². The SMILES string of the molecule is O=C(O)C1c2ccc(F)cc2ONC1O. The summed E-state index contributed by atoms with van der Waals surface area (Å²) in [7, 11) is 0. The van der Waals surface area contributed by atoms with Crippen LogP contribution in [0.1, 0.15) is 11.5 Å². The monoisotopic (exact) mass is 213 g/mol. The Morgan fingerprint density at radius 3 is 2.93 bits per heavy atom. The third kappa shape index (κ3) is 1.64. The average Bonchev–Trinajstić information content (AvgIpc) is 2.17. The van der Waals surface area contributed by atoms with Crippen LogP contribution in [-0.4, -0.2) is 22.4 Å². The van der Waals surface area contributed by atoms with Crippen molar-refractivity contribution in [2.75, 3.05) is 0 Å². The molecule has 0 amide bonds. The Balaban J connectivity index is 2.48. The van der Waals surface area contributed by atoms with Crippen molar-refractivity contribution >= 4 is 5.97 Å². The van der Waals surface area contributed by atoms with Crippen LogP contribution in [-0.2, 0) is 4.79 Å². The van der Waals surface area contributed by atoms with Crippen LogP contribution in [0.25, 0.3) is 0 Å². The zero-order valence-corrected chi connectivity index (χ0v) is 7.48. The van der Waals surface area contributed by atoms with E-state index in [2.05, 4.69) is 5.48 Å². The van der Waals surface area contributed by atoms with Crippen LogP contribution < -0.4 is 10.3 Å². The van der Waals surface area contributed by atoms with Gasteiger partial charge in [-0.1, -0.05) is 6.07 Å². The Hall–Kier alpha value is -1.66. The van der Waals surface area contributed by atoms with E-state index in [0.717, 1.165) is 12.1 Å². The van der Waals surface area contributed by atoms with Crippen molar-refractivity contribution in [3.05, 3.63) is 29.6 Å². The van der Waals surface area contributed by atoms with Gasteiger partial charge in [-0.25, -0.2) is 4.39 Å². The van der Waals surface area contributed by atoms with E-state index in [-0.39, 0.29) is 11.3 Å². The normalized spacial score (nSPS) is 24.1. The summed E-state index contributed by atoms with van der Waals surface area (Å²) in [5, 5.41) is 18.2. The standard InChI is InChI=1S/C9H8FNO4/c10-4-1-2-5-6(3-4)15-11-8(12)7(5)9(13)14/h1-3,7-8,11-12H,(H,13,14). The summed E-state index contributed by atoms with van der Waals surface area (Å²) >= 11 is 0. The minimum atomic E-state index is -1.35. The number of hydrogen-bond acceptors (Lipinski definition) is 4. The van der Waals surface area contributed by atoms with Crippen LogP contribution in [0.15, 0.2) is 18.2 Å². The van der Waals surface area contributed by atoms with Gasteiger partial charge in [0.05, 0.1) is 0 Å². The zero-order chi connectivity index (χ0) is 11.0. The van der Waals surface area contributed by atoms with E-state index in [1.54, 1.807) is 0 Å². The number of halogens is 1.